The molecule has 388 valence electrons. The fraction of sp³-hybridized carbons (Fsp3) is 0.353. The lowest BCUT2D eigenvalue weighted by Crippen LogP contribution is -2.24. The largest absolute Gasteiger partial charge is 0.507 e. The van der Waals surface area contributed by atoms with Gasteiger partial charge < -0.3 is 10.2 Å². The van der Waals surface area contributed by atoms with Crippen molar-refractivity contribution in [2.24, 2.45) is 11.8 Å². The van der Waals surface area contributed by atoms with Crippen molar-refractivity contribution in [2.45, 2.75) is 142 Å². The van der Waals surface area contributed by atoms with Gasteiger partial charge in [-0.2, -0.15) is 21.0 Å². The van der Waals surface area contributed by atoms with Gasteiger partial charge in [0.25, 0.3) is 0 Å². The first-order chi connectivity index (χ1) is 35.7. The summed E-state index contributed by atoms with van der Waals surface area (Å²) in [5.41, 5.74) is 13.3. The molecule has 0 saturated heterocycles. The molecule has 8 rings (SSSR count). The zero-order chi connectivity index (χ0) is 55.7. The van der Waals surface area contributed by atoms with E-state index in [9.17, 15) is 31.3 Å². The van der Waals surface area contributed by atoms with Crippen LogP contribution >= 0.6 is 31.9 Å². The van der Waals surface area contributed by atoms with E-state index in [-0.39, 0.29) is 56.5 Å². The number of hydrogen-bond donors (Lipinski definition) is 2. The first kappa shape index (κ1) is 57.0. The maximum Gasteiger partial charge on any atom is 0.133 e. The van der Waals surface area contributed by atoms with Gasteiger partial charge in [-0.05, 0) is 161 Å². The average Bonchev–Trinajstić information content (AvgIpc) is 3.36. The standard InChI is InChI=1S/2C34H35BrN2O/c2*1-33(2,3)28-17-23(18-29(32(28)38)34(4,5)6)30(22-11-14-25(35)15-12-22)27-16-13-21-9-7-8-10-26(21)31(27)24(19-36)20-37/h2*7-12,14-15,17-18,27,30,38H,13,16H2,1-6H3/t2*27-,30+/m11/s1. The lowest BCUT2D eigenvalue weighted by Gasteiger charge is -2.37. The highest BCUT2D eigenvalue weighted by molar-refractivity contribution is 9.10. The third-order valence-electron chi connectivity index (χ3n) is 15.3. The monoisotopic (exact) mass is 1130 g/mol. The molecule has 0 fully saturated rings. The van der Waals surface area contributed by atoms with Crippen molar-refractivity contribution < 1.29 is 10.2 Å². The molecule has 2 N–H and O–H groups in total. The van der Waals surface area contributed by atoms with Crippen molar-refractivity contribution in [3.8, 4) is 35.8 Å². The van der Waals surface area contributed by atoms with Crippen molar-refractivity contribution >= 4 is 43.0 Å². The van der Waals surface area contributed by atoms with Gasteiger partial charge in [-0.1, -0.05) is 212 Å². The van der Waals surface area contributed by atoms with Crippen molar-refractivity contribution in [3.05, 3.63) is 208 Å². The molecule has 6 nitrogen and oxygen atoms in total. The molecule has 0 saturated carbocycles. The summed E-state index contributed by atoms with van der Waals surface area (Å²) in [4.78, 5) is 0. The highest BCUT2D eigenvalue weighted by Crippen LogP contribution is 2.52. The predicted octanol–water partition coefficient (Wildman–Crippen LogP) is 17.9. The van der Waals surface area contributed by atoms with Crippen LogP contribution in [-0.2, 0) is 34.5 Å². The van der Waals surface area contributed by atoms with Crippen LogP contribution in [0.4, 0.5) is 0 Å². The summed E-state index contributed by atoms with van der Waals surface area (Å²) in [7, 11) is 0. The van der Waals surface area contributed by atoms with Gasteiger partial charge in [0, 0.05) is 20.8 Å². The van der Waals surface area contributed by atoms with Crippen LogP contribution in [0.3, 0.4) is 0 Å². The van der Waals surface area contributed by atoms with Gasteiger partial charge in [0.2, 0.25) is 0 Å². The number of halogens is 2. The second kappa shape index (κ2) is 22.5. The normalized spacial score (nSPS) is 16.2. The smallest absolute Gasteiger partial charge is 0.133 e. The molecule has 0 radical (unpaired) electrons. The molecule has 2 aliphatic rings. The van der Waals surface area contributed by atoms with E-state index in [1.165, 1.54) is 11.1 Å². The number of benzene rings is 6. The minimum Gasteiger partial charge on any atom is -0.507 e. The van der Waals surface area contributed by atoms with Crippen LogP contribution in [0.2, 0.25) is 0 Å². The summed E-state index contributed by atoms with van der Waals surface area (Å²) in [5, 5.41) is 63.1. The molecule has 0 spiro atoms. The number of nitriles is 4. The Labute approximate surface area is 469 Å². The van der Waals surface area contributed by atoms with E-state index in [0.29, 0.717) is 11.5 Å². The number of allylic oxidation sites excluding steroid dienone is 4. The first-order valence-electron chi connectivity index (χ1n) is 26.2. The van der Waals surface area contributed by atoms with E-state index < -0.39 is 0 Å². The molecule has 76 heavy (non-hydrogen) atoms. The maximum atomic E-state index is 11.4. The molecule has 2 aliphatic carbocycles. The third kappa shape index (κ3) is 12.0. The van der Waals surface area contributed by atoms with E-state index in [2.05, 4.69) is 200 Å². The summed E-state index contributed by atoms with van der Waals surface area (Å²) >= 11 is 7.16. The van der Waals surface area contributed by atoms with Gasteiger partial charge in [0.05, 0.1) is 0 Å². The Morgan fingerprint density at radius 1 is 0.434 bits per heavy atom. The molecular formula is C68H70Br2N4O2. The Balaban J connectivity index is 0.000000221. The number of aromatic hydroxyl groups is 2. The number of nitrogens with zero attached hydrogens (tertiary/aromatic N) is 4. The van der Waals surface area contributed by atoms with Crippen molar-refractivity contribution in [2.75, 3.05) is 0 Å². The lowest BCUT2D eigenvalue weighted by atomic mass is 9.66. The number of phenols is 2. The Morgan fingerprint density at radius 2 is 0.711 bits per heavy atom. The fourth-order valence-corrected chi connectivity index (χ4v) is 12.1. The fourth-order valence-electron chi connectivity index (χ4n) is 11.5. The zero-order valence-corrected chi connectivity index (χ0v) is 49.3. The van der Waals surface area contributed by atoms with Gasteiger partial charge in [-0.3, -0.25) is 0 Å². The molecule has 6 aromatic rings. The van der Waals surface area contributed by atoms with Gasteiger partial charge in [-0.15, -0.1) is 0 Å². The van der Waals surface area contributed by atoms with Gasteiger partial charge >= 0.3 is 0 Å². The summed E-state index contributed by atoms with van der Waals surface area (Å²) < 4.78 is 1.99. The van der Waals surface area contributed by atoms with Crippen LogP contribution in [-0.4, -0.2) is 10.2 Å². The van der Waals surface area contributed by atoms with Crippen LogP contribution < -0.4 is 0 Å². The second-order valence-corrected chi connectivity index (χ2v) is 26.4. The Bertz CT molecular complexity index is 3070. The van der Waals surface area contributed by atoms with Crippen LogP contribution in [0.15, 0.2) is 141 Å². The maximum absolute atomic E-state index is 11.4. The minimum absolute atomic E-state index is 0.0782. The number of phenolic OH excluding ortho intramolecular Hbond substituents is 2. The molecule has 0 heterocycles. The molecule has 0 unspecified atom stereocenters. The van der Waals surface area contributed by atoms with Crippen LogP contribution in [0.25, 0.3) is 11.1 Å². The van der Waals surface area contributed by atoms with Crippen LogP contribution in [0.5, 0.6) is 11.5 Å². The van der Waals surface area contributed by atoms with E-state index >= 15 is 0 Å². The number of fused-ring (bicyclic) bond motifs is 2. The van der Waals surface area contributed by atoms with E-state index in [1.807, 2.05) is 60.7 Å². The van der Waals surface area contributed by atoms with E-state index in [4.69, 9.17) is 0 Å². The second-order valence-electron chi connectivity index (χ2n) is 24.6. The molecule has 0 amide bonds. The van der Waals surface area contributed by atoms with E-state index in [0.717, 1.165) is 101 Å². The average molecular weight is 1140 g/mol. The van der Waals surface area contributed by atoms with Crippen molar-refractivity contribution in [1.29, 1.82) is 21.0 Å². The summed E-state index contributed by atoms with van der Waals surface area (Å²) in [6.45, 7) is 25.5. The van der Waals surface area contributed by atoms with Crippen molar-refractivity contribution in [3.63, 3.8) is 0 Å². The lowest BCUT2D eigenvalue weighted by molar-refractivity contribution is 0.420. The van der Waals surface area contributed by atoms with Gasteiger partial charge in [0.15, 0.2) is 0 Å². The zero-order valence-electron chi connectivity index (χ0n) is 46.1. The van der Waals surface area contributed by atoms with Gasteiger partial charge in [0.1, 0.15) is 46.9 Å². The quantitative estimate of drug-likeness (QED) is 0.159. The van der Waals surface area contributed by atoms with Gasteiger partial charge in [-0.25, -0.2) is 0 Å². The minimum atomic E-state index is -0.271. The summed E-state index contributed by atoms with van der Waals surface area (Å²) in [6.07, 6.45) is 3.38. The molecule has 0 aromatic heterocycles. The SMILES string of the molecule is CC(C)(C)c1cc([C@H](c2ccc(Br)cc2)[C@H]2CCc3ccccc3C2=C(C#N)C#N)cc(C(C)(C)C)c1O.CC(C)(C)c1cc([C@H](c2ccc(Br)cc2)[C@H]2CCc3ccccc3C2=C(C#N)C#N)cc(C(C)(C)C)c1O. The topological polar surface area (TPSA) is 136 Å². The summed E-state index contributed by atoms with van der Waals surface area (Å²) in [5.74, 6) is 0.332. The Hall–Kier alpha value is -6.68. The van der Waals surface area contributed by atoms with Crippen molar-refractivity contribution in [1.82, 2.24) is 0 Å². The summed E-state index contributed by atoms with van der Waals surface area (Å²) in [6, 6.07) is 50.4. The molecule has 6 aromatic carbocycles. The first-order valence-corrected chi connectivity index (χ1v) is 27.8. The molecule has 0 bridgehead atoms. The van der Waals surface area contributed by atoms with Crippen LogP contribution in [0, 0.1) is 57.2 Å². The molecule has 0 aliphatic heterocycles. The number of rotatable bonds is 6. The highest BCUT2D eigenvalue weighted by Gasteiger charge is 2.39. The third-order valence-corrected chi connectivity index (χ3v) is 16.3. The predicted molar refractivity (Wildman–Crippen MR) is 316 cm³/mol. The Morgan fingerprint density at radius 3 is 0.974 bits per heavy atom. The highest BCUT2D eigenvalue weighted by atomic mass is 79.9. The number of aryl methyl sites for hydroxylation is 2. The molecular weight excluding hydrogens is 1060 g/mol. The Kier molecular flexibility index (Phi) is 16.9. The van der Waals surface area contributed by atoms with E-state index in [1.54, 1.807) is 0 Å². The molecule has 4 atom stereocenters. The molecule has 8 heteroatoms. The number of hydrogen-bond acceptors (Lipinski definition) is 6. The van der Waals surface area contributed by atoms with Crippen LogP contribution in [0.1, 0.15) is 175 Å².